The molecule has 0 aliphatic rings. The molecule has 0 aliphatic heterocycles. The van der Waals surface area contributed by atoms with E-state index >= 15 is 0 Å². The van der Waals surface area contributed by atoms with Gasteiger partial charge < -0.3 is 10.8 Å². The standard InChI is InChI=1S/C8H7N5O2S/c9-6-2-1-4(14)3-5(6)7(15)10-8-11-12-13-16-8/h1-3,14H,9H2,(H,10,11,13,15). The summed E-state index contributed by atoms with van der Waals surface area (Å²) in [4.78, 5) is 11.7. The number of nitrogens with one attached hydrogen (secondary N) is 1. The molecule has 0 unspecified atom stereocenters. The second-order valence-corrected chi connectivity index (χ2v) is 3.63. The van der Waals surface area contributed by atoms with Gasteiger partial charge in [-0.3, -0.25) is 10.1 Å². The minimum Gasteiger partial charge on any atom is -0.508 e. The molecule has 0 bridgehead atoms. The van der Waals surface area contributed by atoms with Gasteiger partial charge in [0.2, 0.25) is 5.13 Å². The largest absolute Gasteiger partial charge is 0.508 e. The van der Waals surface area contributed by atoms with Crippen LogP contribution in [0.1, 0.15) is 10.4 Å². The summed E-state index contributed by atoms with van der Waals surface area (Å²) in [5, 5.41) is 18.9. The fraction of sp³-hybridized carbons (Fsp3) is 0. The molecule has 2 aromatic rings. The molecule has 1 aromatic carbocycles. The quantitative estimate of drug-likeness (QED) is 0.517. The van der Waals surface area contributed by atoms with Gasteiger partial charge in [0.25, 0.3) is 5.91 Å². The number of aromatic nitrogens is 3. The Morgan fingerprint density at radius 3 is 3.00 bits per heavy atom. The number of carbonyl (C=O) groups is 1. The van der Waals surface area contributed by atoms with Gasteiger partial charge in [-0.15, -0.1) is 0 Å². The summed E-state index contributed by atoms with van der Waals surface area (Å²) in [6.07, 6.45) is 0. The molecule has 1 aromatic heterocycles. The maximum atomic E-state index is 11.7. The molecule has 0 spiro atoms. The van der Waals surface area contributed by atoms with Gasteiger partial charge in [0, 0.05) is 17.2 Å². The van der Waals surface area contributed by atoms with Crippen LogP contribution in [0.3, 0.4) is 0 Å². The number of rotatable bonds is 2. The third kappa shape index (κ3) is 2.06. The third-order valence-electron chi connectivity index (χ3n) is 1.80. The molecule has 2 rings (SSSR count). The molecule has 4 N–H and O–H groups in total. The van der Waals surface area contributed by atoms with E-state index in [0.717, 1.165) is 11.5 Å². The van der Waals surface area contributed by atoms with Crippen LogP contribution in [0.15, 0.2) is 18.2 Å². The number of hydrogen-bond acceptors (Lipinski definition) is 7. The first-order chi connectivity index (χ1) is 7.66. The Kier molecular flexibility index (Phi) is 2.64. The summed E-state index contributed by atoms with van der Waals surface area (Å²) < 4.78 is 3.49. The van der Waals surface area contributed by atoms with E-state index in [9.17, 15) is 9.90 Å². The number of phenolic OH excluding ortho intramolecular Hbond substituents is 1. The van der Waals surface area contributed by atoms with Crippen LogP contribution in [0.5, 0.6) is 5.75 Å². The number of carbonyl (C=O) groups excluding carboxylic acids is 1. The molecule has 0 fully saturated rings. The molecular formula is C8H7N5O2S. The first kappa shape index (κ1) is 10.3. The van der Waals surface area contributed by atoms with Gasteiger partial charge >= 0.3 is 0 Å². The van der Waals surface area contributed by atoms with E-state index in [2.05, 4.69) is 20.1 Å². The van der Waals surface area contributed by atoms with Crippen LogP contribution in [-0.4, -0.2) is 25.8 Å². The maximum absolute atomic E-state index is 11.7. The van der Waals surface area contributed by atoms with Gasteiger partial charge in [-0.25, -0.2) is 0 Å². The molecule has 0 atom stereocenters. The fourth-order valence-corrected chi connectivity index (χ4v) is 1.45. The Morgan fingerprint density at radius 1 is 1.50 bits per heavy atom. The zero-order chi connectivity index (χ0) is 11.5. The molecule has 0 saturated heterocycles. The SMILES string of the molecule is Nc1ccc(O)cc1C(=O)Nc1nnns1. The van der Waals surface area contributed by atoms with E-state index in [0.29, 0.717) is 0 Å². The Morgan fingerprint density at radius 2 is 2.31 bits per heavy atom. The lowest BCUT2D eigenvalue weighted by Gasteiger charge is -2.04. The van der Waals surface area contributed by atoms with Gasteiger partial charge in [0.05, 0.1) is 5.56 Å². The van der Waals surface area contributed by atoms with Crippen molar-refractivity contribution in [3.05, 3.63) is 23.8 Å². The number of benzene rings is 1. The summed E-state index contributed by atoms with van der Waals surface area (Å²) in [7, 11) is 0. The Labute approximate surface area is 94.1 Å². The average molecular weight is 237 g/mol. The van der Waals surface area contributed by atoms with Crippen LogP contribution < -0.4 is 11.1 Å². The zero-order valence-electron chi connectivity index (χ0n) is 7.91. The molecule has 82 valence electrons. The number of nitrogens with two attached hydrogens (primary N) is 1. The number of nitrogen functional groups attached to an aromatic ring is 1. The highest BCUT2D eigenvalue weighted by Crippen LogP contribution is 2.19. The monoisotopic (exact) mass is 237 g/mol. The molecule has 0 saturated carbocycles. The summed E-state index contributed by atoms with van der Waals surface area (Å²) in [6.45, 7) is 0. The number of aromatic hydroxyl groups is 1. The van der Waals surface area contributed by atoms with E-state index in [1.165, 1.54) is 18.2 Å². The van der Waals surface area contributed by atoms with E-state index in [4.69, 9.17) is 5.73 Å². The molecule has 0 aliphatic carbocycles. The van der Waals surface area contributed by atoms with Crippen molar-refractivity contribution in [1.82, 2.24) is 14.8 Å². The summed E-state index contributed by atoms with van der Waals surface area (Å²) in [6, 6.07) is 4.13. The summed E-state index contributed by atoms with van der Waals surface area (Å²) in [5.41, 5.74) is 6.05. The predicted molar refractivity (Wildman–Crippen MR) is 58.2 cm³/mol. The van der Waals surface area contributed by atoms with Crippen LogP contribution >= 0.6 is 11.5 Å². The summed E-state index contributed by atoms with van der Waals surface area (Å²) >= 11 is 0.948. The van der Waals surface area contributed by atoms with Crippen molar-refractivity contribution >= 4 is 28.3 Å². The Bertz CT molecular complexity index is 513. The molecule has 0 radical (unpaired) electrons. The summed E-state index contributed by atoms with van der Waals surface area (Å²) in [5.74, 6) is -0.498. The third-order valence-corrected chi connectivity index (χ3v) is 2.31. The molecular weight excluding hydrogens is 230 g/mol. The first-order valence-corrected chi connectivity index (χ1v) is 4.99. The van der Waals surface area contributed by atoms with Gasteiger partial charge in [-0.1, -0.05) is 9.59 Å². The lowest BCUT2D eigenvalue weighted by atomic mass is 10.1. The molecule has 16 heavy (non-hydrogen) atoms. The van der Waals surface area contributed by atoms with Crippen molar-refractivity contribution in [3.63, 3.8) is 0 Å². The lowest BCUT2D eigenvalue weighted by molar-refractivity contribution is 0.102. The van der Waals surface area contributed by atoms with E-state index in [1.807, 2.05) is 0 Å². The van der Waals surface area contributed by atoms with Gasteiger partial charge in [-0.05, 0) is 23.4 Å². The van der Waals surface area contributed by atoms with Gasteiger partial charge in [-0.2, -0.15) is 0 Å². The average Bonchev–Trinajstić information content (AvgIpc) is 2.74. The molecule has 1 amide bonds. The van der Waals surface area contributed by atoms with E-state index in [-0.39, 0.29) is 22.1 Å². The number of hydrogen-bond donors (Lipinski definition) is 3. The second kappa shape index (κ2) is 4.11. The van der Waals surface area contributed by atoms with Crippen LogP contribution in [0, 0.1) is 0 Å². The second-order valence-electron chi connectivity index (χ2n) is 2.89. The highest BCUT2D eigenvalue weighted by molar-refractivity contribution is 7.09. The first-order valence-electron chi connectivity index (χ1n) is 4.21. The van der Waals surface area contributed by atoms with E-state index < -0.39 is 5.91 Å². The maximum Gasteiger partial charge on any atom is 0.259 e. The highest BCUT2D eigenvalue weighted by atomic mass is 32.1. The highest BCUT2D eigenvalue weighted by Gasteiger charge is 2.12. The molecule has 1 heterocycles. The van der Waals surface area contributed by atoms with Gasteiger partial charge in [0.1, 0.15) is 5.75 Å². The van der Waals surface area contributed by atoms with Crippen LogP contribution in [-0.2, 0) is 0 Å². The molecule has 8 heteroatoms. The van der Waals surface area contributed by atoms with Crippen molar-refractivity contribution in [2.75, 3.05) is 11.1 Å². The Hall–Kier alpha value is -2.22. The topological polar surface area (TPSA) is 114 Å². The smallest absolute Gasteiger partial charge is 0.259 e. The van der Waals surface area contributed by atoms with Crippen molar-refractivity contribution in [2.45, 2.75) is 0 Å². The fourth-order valence-electron chi connectivity index (χ4n) is 1.09. The Balaban J connectivity index is 2.24. The van der Waals surface area contributed by atoms with Crippen LogP contribution in [0.25, 0.3) is 0 Å². The molecule has 7 nitrogen and oxygen atoms in total. The minimum absolute atomic E-state index is 0.0326. The minimum atomic E-state index is -0.466. The van der Waals surface area contributed by atoms with Crippen molar-refractivity contribution in [1.29, 1.82) is 0 Å². The van der Waals surface area contributed by atoms with Gasteiger partial charge in [0.15, 0.2) is 0 Å². The zero-order valence-corrected chi connectivity index (χ0v) is 8.73. The lowest BCUT2D eigenvalue weighted by Crippen LogP contribution is -2.13. The normalized spacial score (nSPS) is 10.0. The van der Waals surface area contributed by atoms with E-state index in [1.54, 1.807) is 0 Å². The van der Waals surface area contributed by atoms with Crippen molar-refractivity contribution < 1.29 is 9.90 Å². The predicted octanol–water partition coefficient (Wildman–Crippen LogP) is 0.473. The number of nitrogens with zero attached hydrogens (tertiary/aromatic N) is 3. The number of phenols is 1. The van der Waals surface area contributed by atoms with Crippen LogP contribution in [0.2, 0.25) is 0 Å². The van der Waals surface area contributed by atoms with Crippen LogP contribution in [0.4, 0.5) is 10.8 Å². The van der Waals surface area contributed by atoms with Crippen molar-refractivity contribution in [3.8, 4) is 5.75 Å². The number of amides is 1. The number of anilines is 2. The van der Waals surface area contributed by atoms with Crippen molar-refractivity contribution in [2.24, 2.45) is 0 Å².